The molecule has 26 heavy (non-hydrogen) atoms. The van der Waals surface area contributed by atoms with E-state index >= 15 is 0 Å². The maximum Gasteiger partial charge on any atom is 0.340 e. The van der Waals surface area contributed by atoms with E-state index in [0.29, 0.717) is 19.6 Å². The molecule has 0 radical (unpaired) electrons. The van der Waals surface area contributed by atoms with Crippen LogP contribution in [0.4, 0.5) is 8.78 Å². The quantitative estimate of drug-likeness (QED) is 0.694. The highest BCUT2D eigenvalue weighted by atomic mass is 32.2. The van der Waals surface area contributed by atoms with Crippen molar-refractivity contribution in [2.45, 2.75) is 50.3 Å². The third-order valence-corrected chi connectivity index (χ3v) is 5.39. The second-order valence-electron chi connectivity index (χ2n) is 7.00. The lowest BCUT2D eigenvalue weighted by Crippen LogP contribution is -2.45. The number of carbonyl (C=O) groups is 1. The number of nitrogens with one attached hydrogen (secondary N) is 1. The van der Waals surface area contributed by atoms with Gasteiger partial charge in [0.1, 0.15) is 28.5 Å². The Morgan fingerprint density at radius 3 is 2.73 bits per heavy atom. The second kappa shape index (κ2) is 8.51. The Bertz CT molecular complexity index is 634. The van der Waals surface area contributed by atoms with Crippen molar-refractivity contribution in [3.05, 3.63) is 29.6 Å². The van der Waals surface area contributed by atoms with E-state index in [4.69, 9.17) is 14.6 Å². The van der Waals surface area contributed by atoms with E-state index in [-0.39, 0.29) is 17.4 Å². The summed E-state index contributed by atoms with van der Waals surface area (Å²) < 4.78 is 53.5. The summed E-state index contributed by atoms with van der Waals surface area (Å²) >= 11 is -1.80. The van der Waals surface area contributed by atoms with Crippen molar-refractivity contribution in [2.24, 2.45) is 0 Å². The van der Waals surface area contributed by atoms with Crippen LogP contribution in [0, 0.1) is 5.82 Å². The van der Waals surface area contributed by atoms with Gasteiger partial charge in [0, 0.05) is 23.3 Å². The van der Waals surface area contributed by atoms with Gasteiger partial charge in [-0.05, 0) is 39.0 Å². The minimum atomic E-state index is -2.49. The topological polar surface area (TPSA) is 90.9 Å². The molecule has 1 aromatic carbocycles. The molecule has 0 bridgehead atoms. The van der Waals surface area contributed by atoms with Gasteiger partial charge in [-0.25, -0.2) is 13.6 Å². The fourth-order valence-electron chi connectivity index (χ4n) is 2.35. The molecule has 0 saturated carbocycles. The molecule has 0 spiro atoms. The standard InChI is InChI=1S/C17H23F2NO5S/c1-17(2,3)26(23)20-15(14(19)16(21)22)12-8-10(4-5-13(12)18)25-11-6-7-24-9-11/h4-5,8,11,14-15,20H,6-7,9H2,1-3H3,(H,21,22)/t11-,14+,15-,26?/m0/s1. The first kappa shape index (κ1) is 20.9. The zero-order valence-electron chi connectivity index (χ0n) is 14.8. The summed E-state index contributed by atoms with van der Waals surface area (Å²) in [6.45, 7) is 5.85. The van der Waals surface area contributed by atoms with E-state index in [1.807, 2.05) is 0 Å². The van der Waals surface area contributed by atoms with Gasteiger partial charge in [0.25, 0.3) is 0 Å². The smallest absolute Gasteiger partial charge is 0.340 e. The minimum absolute atomic E-state index is 0.205. The molecular formula is C17H23F2NO5S. The number of carboxylic acid groups (broad SMARTS) is 1. The largest absolute Gasteiger partial charge is 0.598 e. The Kier molecular flexibility index (Phi) is 6.84. The molecule has 9 heteroatoms. The molecule has 1 heterocycles. The third kappa shape index (κ3) is 5.29. The summed E-state index contributed by atoms with van der Waals surface area (Å²) in [4.78, 5) is 11.1. The predicted octanol–water partition coefficient (Wildman–Crippen LogP) is 2.51. The molecule has 0 aromatic heterocycles. The van der Waals surface area contributed by atoms with Crippen LogP contribution in [0.5, 0.6) is 5.75 Å². The van der Waals surface area contributed by atoms with Crippen molar-refractivity contribution in [1.82, 2.24) is 4.72 Å². The lowest BCUT2D eigenvalue weighted by atomic mass is 10.0. The summed E-state index contributed by atoms with van der Waals surface area (Å²) in [7, 11) is 0. The molecule has 6 nitrogen and oxygen atoms in total. The third-order valence-electron chi connectivity index (χ3n) is 3.81. The van der Waals surface area contributed by atoms with E-state index in [9.17, 15) is 18.1 Å². The zero-order valence-corrected chi connectivity index (χ0v) is 15.6. The van der Waals surface area contributed by atoms with Crippen LogP contribution in [0.2, 0.25) is 0 Å². The molecule has 2 N–H and O–H groups in total. The summed E-state index contributed by atoms with van der Waals surface area (Å²) in [6.07, 6.45) is -2.02. The summed E-state index contributed by atoms with van der Waals surface area (Å²) in [5.41, 5.74) is -0.256. The zero-order chi connectivity index (χ0) is 19.5. The van der Waals surface area contributed by atoms with Crippen LogP contribution >= 0.6 is 0 Å². The molecule has 0 aliphatic carbocycles. The van der Waals surface area contributed by atoms with Gasteiger partial charge in [0.2, 0.25) is 6.17 Å². The van der Waals surface area contributed by atoms with Crippen molar-refractivity contribution in [3.8, 4) is 5.75 Å². The van der Waals surface area contributed by atoms with E-state index in [1.54, 1.807) is 20.8 Å². The molecule has 1 unspecified atom stereocenters. The molecule has 4 atom stereocenters. The summed E-state index contributed by atoms with van der Waals surface area (Å²) in [6, 6.07) is 2.06. The van der Waals surface area contributed by atoms with Crippen molar-refractivity contribution in [3.63, 3.8) is 0 Å². The van der Waals surface area contributed by atoms with Gasteiger partial charge in [0.05, 0.1) is 13.2 Å². The summed E-state index contributed by atoms with van der Waals surface area (Å²) in [5.74, 6) is -2.32. The number of rotatable bonds is 7. The van der Waals surface area contributed by atoms with Gasteiger partial charge in [-0.15, -0.1) is 4.72 Å². The van der Waals surface area contributed by atoms with Crippen molar-refractivity contribution < 1.29 is 32.7 Å². The highest BCUT2D eigenvalue weighted by molar-refractivity contribution is 7.90. The van der Waals surface area contributed by atoms with E-state index < -0.39 is 40.1 Å². The van der Waals surface area contributed by atoms with E-state index in [0.717, 1.165) is 6.07 Å². The number of hydrogen-bond acceptors (Lipinski definition) is 5. The summed E-state index contributed by atoms with van der Waals surface area (Å²) in [5, 5.41) is 9.04. The highest BCUT2D eigenvalue weighted by Crippen LogP contribution is 2.30. The van der Waals surface area contributed by atoms with E-state index in [1.165, 1.54) is 12.1 Å². The van der Waals surface area contributed by atoms with Crippen LogP contribution in [0.3, 0.4) is 0 Å². The first-order valence-corrected chi connectivity index (χ1v) is 9.33. The number of alkyl halides is 1. The molecule has 1 aliphatic heterocycles. The maximum absolute atomic E-state index is 14.3. The fourth-order valence-corrected chi connectivity index (χ4v) is 3.18. The monoisotopic (exact) mass is 391 g/mol. The van der Waals surface area contributed by atoms with Gasteiger partial charge in [-0.2, -0.15) is 0 Å². The van der Waals surface area contributed by atoms with Crippen LogP contribution in [0.25, 0.3) is 0 Å². The Hall–Kier alpha value is -1.42. The van der Waals surface area contributed by atoms with Crippen LogP contribution in [0.15, 0.2) is 18.2 Å². The van der Waals surface area contributed by atoms with Crippen LogP contribution in [-0.2, 0) is 20.9 Å². The first-order valence-electron chi connectivity index (χ1n) is 8.18. The Morgan fingerprint density at radius 2 is 2.19 bits per heavy atom. The van der Waals surface area contributed by atoms with Crippen LogP contribution in [0.1, 0.15) is 38.8 Å². The normalized spacial score (nSPS) is 21.2. The number of ether oxygens (including phenoxy) is 2. The van der Waals surface area contributed by atoms with Gasteiger partial charge in [-0.3, -0.25) is 0 Å². The Labute approximate surface area is 154 Å². The molecule has 1 aliphatic rings. The minimum Gasteiger partial charge on any atom is -0.598 e. The number of hydrogen-bond donors (Lipinski definition) is 2. The molecule has 0 amide bonds. The highest BCUT2D eigenvalue weighted by Gasteiger charge is 2.38. The SMILES string of the molecule is CC(C)(C)[S+]([O-])N[C@@H](c1cc(O[C@H]2CCOC2)ccc1F)[C@@H](F)C(=O)O. The van der Waals surface area contributed by atoms with Gasteiger partial charge in [0.15, 0.2) is 0 Å². The molecule has 2 rings (SSSR count). The molecule has 1 saturated heterocycles. The van der Waals surface area contributed by atoms with Gasteiger partial charge in [-0.1, -0.05) is 0 Å². The number of halogens is 2. The molecule has 1 fully saturated rings. The Balaban J connectivity index is 2.31. The van der Waals surface area contributed by atoms with Gasteiger partial charge < -0.3 is 19.1 Å². The second-order valence-corrected chi connectivity index (χ2v) is 9.00. The predicted molar refractivity (Wildman–Crippen MR) is 92.6 cm³/mol. The fraction of sp³-hybridized carbons (Fsp3) is 0.588. The number of carboxylic acids is 1. The van der Waals surface area contributed by atoms with Crippen LogP contribution < -0.4 is 9.46 Å². The van der Waals surface area contributed by atoms with Crippen LogP contribution in [-0.4, -0.2) is 45.9 Å². The van der Waals surface area contributed by atoms with Crippen molar-refractivity contribution in [1.29, 1.82) is 0 Å². The number of aliphatic carboxylic acids is 1. The van der Waals surface area contributed by atoms with E-state index in [2.05, 4.69) is 4.72 Å². The lowest BCUT2D eigenvalue weighted by Gasteiger charge is -2.29. The van der Waals surface area contributed by atoms with Gasteiger partial charge >= 0.3 is 5.97 Å². The first-order chi connectivity index (χ1) is 12.1. The molecular weight excluding hydrogens is 368 g/mol. The maximum atomic E-state index is 14.3. The molecule has 1 aromatic rings. The lowest BCUT2D eigenvalue weighted by molar-refractivity contribution is -0.143. The van der Waals surface area contributed by atoms with Crippen molar-refractivity contribution >= 4 is 17.3 Å². The number of benzene rings is 1. The average molecular weight is 391 g/mol. The Morgan fingerprint density at radius 1 is 1.50 bits per heavy atom. The average Bonchev–Trinajstić information content (AvgIpc) is 3.05. The van der Waals surface area contributed by atoms with Crippen molar-refractivity contribution in [2.75, 3.05) is 13.2 Å². The molecule has 146 valence electrons.